The lowest BCUT2D eigenvalue weighted by Gasteiger charge is -2.07. The molecule has 0 unspecified atom stereocenters. The molecule has 1 aromatic carbocycles. The Hall–Kier alpha value is -2.09. The number of nitrogens with two attached hydrogens (primary N) is 1. The Kier molecular flexibility index (Phi) is 4.67. The monoisotopic (exact) mass is 277 g/mol. The van der Waals surface area contributed by atoms with Gasteiger partial charge in [-0.1, -0.05) is 11.6 Å². The lowest BCUT2D eigenvalue weighted by Crippen LogP contribution is -2.18. The highest BCUT2D eigenvalue weighted by atomic mass is 35.5. The molecule has 0 atom stereocenters. The SMILES string of the molecule is NC(=O)OCCNc1cc(Cl)c(F)cc1[N+](=O)[O-]. The van der Waals surface area contributed by atoms with Gasteiger partial charge < -0.3 is 15.8 Å². The molecule has 0 heterocycles. The highest BCUT2D eigenvalue weighted by Crippen LogP contribution is 2.29. The number of nitro groups is 1. The molecular weight excluding hydrogens is 269 g/mol. The second-order valence-electron chi connectivity index (χ2n) is 3.13. The van der Waals surface area contributed by atoms with Gasteiger partial charge in [0, 0.05) is 6.54 Å². The number of hydrogen-bond donors (Lipinski definition) is 2. The number of carbonyl (C=O) groups excluding carboxylic acids is 1. The van der Waals surface area contributed by atoms with Crippen molar-refractivity contribution in [2.45, 2.75) is 0 Å². The summed E-state index contributed by atoms with van der Waals surface area (Å²) in [4.78, 5) is 20.2. The number of anilines is 1. The van der Waals surface area contributed by atoms with E-state index in [1.54, 1.807) is 0 Å². The van der Waals surface area contributed by atoms with Gasteiger partial charge in [-0.15, -0.1) is 0 Å². The second-order valence-corrected chi connectivity index (χ2v) is 3.54. The van der Waals surface area contributed by atoms with Crippen molar-refractivity contribution >= 4 is 29.1 Å². The number of rotatable bonds is 5. The molecule has 9 heteroatoms. The fourth-order valence-corrected chi connectivity index (χ4v) is 1.33. The van der Waals surface area contributed by atoms with E-state index < -0.39 is 22.5 Å². The van der Waals surface area contributed by atoms with E-state index in [1.165, 1.54) is 0 Å². The van der Waals surface area contributed by atoms with E-state index in [-0.39, 0.29) is 23.9 Å². The third kappa shape index (κ3) is 3.74. The molecule has 0 saturated carbocycles. The fourth-order valence-electron chi connectivity index (χ4n) is 1.17. The molecular formula is C9H9ClFN3O4. The first-order valence-corrected chi connectivity index (χ1v) is 5.09. The van der Waals surface area contributed by atoms with Crippen LogP contribution in [0.3, 0.4) is 0 Å². The molecule has 1 aromatic rings. The minimum Gasteiger partial charge on any atom is -0.448 e. The van der Waals surface area contributed by atoms with Crippen LogP contribution < -0.4 is 11.1 Å². The van der Waals surface area contributed by atoms with Crippen LogP contribution in [0.15, 0.2) is 12.1 Å². The van der Waals surface area contributed by atoms with E-state index in [0.29, 0.717) is 6.07 Å². The maximum atomic E-state index is 13.1. The fraction of sp³-hybridized carbons (Fsp3) is 0.222. The summed E-state index contributed by atoms with van der Waals surface area (Å²) in [5.74, 6) is -0.887. The highest BCUT2D eigenvalue weighted by molar-refractivity contribution is 6.31. The molecule has 0 aliphatic rings. The number of ether oxygens (including phenoxy) is 1. The Labute approximate surface area is 106 Å². The standard InChI is InChI=1S/C9H9ClFN3O4/c10-5-3-7(13-1-2-18-9(12)15)8(14(16)17)4-6(5)11/h3-4,13H,1-2H2,(H2,12,15). The first kappa shape index (κ1) is 14.0. The summed E-state index contributed by atoms with van der Waals surface area (Å²) < 4.78 is 17.5. The molecule has 1 rings (SSSR count). The van der Waals surface area contributed by atoms with E-state index >= 15 is 0 Å². The van der Waals surface area contributed by atoms with Crippen LogP contribution in [0.2, 0.25) is 5.02 Å². The summed E-state index contributed by atoms with van der Waals surface area (Å²) in [6.07, 6.45) is -0.955. The number of nitro benzene ring substituents is 1. The van der Waals surface area contributed by atoms with Gasteiger partial charge in [-0.25, -0.2) is 9.18 Å². The molecule has 98 valence electrons. The molecule has 7 nitrogen and oxygen atoms in total. The zero-order valence-corrected chi connectivity index (χ0v) is 9.74. The first-order chi connectivity index (χ1) is 8.41. The summed E-state index contributed by atoms with van der Waals surface area (Å²) in [6, 6.07) is 1.79. The number of primary amides is 1. The van der Waals surface area contributed by atoms with Crippen LogP contribution in [0.5, 0.6) is 0 Å². The van der Waals surface area contributed by atoms with Crippen LogP contribution in [0.25, 0.3) is 0 Å². The average molecular weight is 278 g/mol. The van der Waals surface area contributed by atoms with Gasteiger partial charge >= 0.3 is 6.09 Å². The largest absolute Gasteiger partial charge is 0.448 e. The van der Waals surface area contributed by atoms with E-state index in [9.17, 15) is 19.3 Å². The van der Waals surface area contributed by atoms with Crippen molar-refractivity contribution < 1.29 is 18.8 Å². The van der Waals surface area contributed by atoms with Gasteiger partial charge in [0.05, 0.1) is 16.0 Å². The minimum absolute atomic E-state index is 0.0273. The van der Waals surface area contributed by atoms with Crippen LogP contribution in [-0.2, 0) is 4.74 Å². The van der Waals surface area contributed by atoms with Crippen LogP contribution in [-0.4, -0.2) is 24.2 Å². The van der Waals surface area contributed by atoms with Gasteiger partial charge in [0.2, 0.25) is 0 Å². The number of amides is 1. The molecule has 0 spiro atoms. The third-order valence-electron chi connectivity index (χ3n) is 1.90. The summed E-state index contributed by atoms with van der Waals surface area (Å²) >= 11 is 5.51. The van der Waals surface area contributed by atoms with Crippen molar-refractivity contribution in [1.82, 2.24) is 0 Å². The van der Waals surface area contributed by atoms with Crippen molar-refractivity contribution in [1.29, 1.82) is 0 Å². The Morgan fingerprint density at radius 3 is 2.83 bits per heavy atom. The van der Waals surface area contributed by atoms with Crippen molar-refractivity contribution in [3.8, 4) is 0 Å². The van der Waals surface area contributed by atoms with Gasteiger partial charge in [-0.3, -0.25) is 10.1 Å². The lowest BCUT2D eigenvalue weighted by molar-refractivity contribution is -0.384. The molecule has 3 N–H and O–H groups in total. The molecule has 0 saturated heterocycles. The van der Waals surface area contributed by atoms with E-state index in [4.69, 9.17) is 17.3 Å². The summed E-state index contributed by atoms with van der Waals surface area (Å²) in [5, 5.41) is 13.0. The lowest BCUT2D eigenvalue weighted by atomic mass is 10.2. The predicted molar refractivity (Wildman–Crippen MR) is 62.1 cm³/mol. The van der Waals surface area contributed by atoms with Crippen molar-refractivity contribution in [3.05, 3.63) is 33.1 Å². The topological polar surface area (TPSA) is 107 Å². The van der Waals surface area contributed by atoms with Crippen LogP contribution >= 0.6 is 11.6 Å². The smallest absolute Gasteiger partial charge is 0.404 e. The Bertz CT molecular complexity index is 483. The highest BCUT2D eigenvalue weighted by Gasteiger charge is 2.17. The molecule has 0 aliphatic carbocycles. The predicted octanol–water partition coefficient (Wildman–Crippen LogP) is 1.89. The minimum atomic E-state index is -0.955. The summed E-state index contributed by atoms with van der Waals surface area (Å²) in [7, 11) is 0. The molecule has 0 aliphatic heterocycles. The van der Waals surface area contributed by atoms with Gasteiger partial charge in [-0.2, -0.15) is 0 Å². The summed E-state index contributed by atoms with van der Waals surface area (Å²) in [6.45, 7) is -0.00672. The molecule has 0 bridgehead atoms. The molecule has 1 amide bonds. The van der Waals surface area contributed by atoms with Crippen LogP contribution in [0.4, 0.5) is 20.6 Å². The Morgan fingerprint density at radius 1 is 1.61 bits per heavy atom. The van der Waals surface area contributed by atoms with Crippen molar-refractivity contribution in [2.75, 3.05) is 18.5 Å². The molecule has 0 fully saturated rings. The number of nitrogens with zero attached hydrogens (tertiary/aromatic N) is 1. The van der Waals surface area contributed by atoms with E-state index in [0.717, 1.165) is 6.07 Å². The normalized spacial score (nSPS) is 9.89. The second kappa shape index (κ2) is 6.01. The zero-order chi connectivity index (χ0) is 13.7. The van der Waals surface area contributed by atoms with Gasteiger partial charge in [-0.05, 0) is 6.07 Å². The molecule has 0 aromatic heterocycles. The summed E-state index contributed by atoms with van der Waals surface area (Å²) in [5.41, 5.74) is 4.29. The van der Waals surface area contributed by atoms with Crippen LogP contribution in [0.1, 0.15) is 0 Å². The quantitative estimate of drug-likeness (QED) is 0.485. The average Bonchev–Trinajstić information content (AvgIpc) is 2.28. The number of halogens is 2. The van der Waals surface area contributed by atoms with Crippen molar-refractivity contribution in [3.63, 3.8) is 0 Å². The first-order valence-electron chi connectivity index (χ1n) is 4.71. The van der Waals surface area contributed by atoms with Crippen molar-refractivity contribution in [2.24, 2.45) is 5.73 Å². The number of nitrogens with one attached hydrogen (secondary N) is 1. The maximum absolute atomic E-state index is 13.1. The van der Waals surface area contributed by atoms with Gasteiger partial charge in [0.1, 0.15) is 18.1 Å². The Balaban J connectivity index is 2.77. The van der Waals surface area contributed by atoms with E-state index in [2.05, 4.69) is 10.1 Å². The van der Waals surface area contributed by atoms with Gasteiger partial charge in [0.15, 0.2) is 0 Å². The maximum Gasteiger partial charge on any atom is 0.404 e. The molecule has 18 heavy (non-hydrogen) atoms. The number of benzene rings is 1. The van der Waals surface area contributed by atoms with Crippen LogP contribution in [0, 0.1) is 15.9 Å². The van der Waals surface area contributed by atoms with Gasteiger partial charge in [0.25, 0.3) is 5.69 Å². The number of carbonyl (C=O) groups is 1. The molecule has 0 radical (unpaired) electrons. The number of hydrogen-bond acceptors (Lipinski definition) is 5. The van der Waals surface area contributed by atoms with E-state index in [1.807, 2.05) is 0 Å². The zero-order valence-electron chi connectivity index (χ0n) is 8.98. The Morgan fingerprint density at radius 2 is 2.28 bits per heavy atom. The third-order valence-corrected chi connectivity index (χ3v) is 2.19.